The minimum Gasteiger partial charge on any atom is -0.379 e. The number of hydrogen-bond donors (Lipinski definition) is 2. The Hall–Kier alpha value is -0.850. The summed E-state index contributed by atoms with van der Waals surface area (Å²) in [5.41, 5.74) is 0. The Labute approximate surface area is 160 Å². The third-order valence-electron chi connectivity index (χ3n) is 5.63. The molecule has 2 fully saturated rings. The van der Waals surface area contributed by atoms with E-state index in [1.165, 1.54) is 51.7 Å². The van der Waals surface area contributed by atoms with Crippen LogP contribution >= 0.6 is 0 Å². The molecule has 2 rings (SSSR count). The number of hydrogen-bond acceptors (Lipinski definition) is 4. The first kappa shape index (κ1) is 21.5. The van der Waals surface area contributed by atoms with Crippen LogP contribution in [-0.4, -0.2) is 87.9 Å². The van der Waals surface area contributed by atoms with Crippen LogP contribution in [0.1, 0.15) is 46.0 Å². The minimum atomic E-state index is 0.523. The van der Waals surface area contributed by atoms with Crippen LogP contribution in [0.4, 0.5) is 0 Å². The predicted molar refractivity (Wildman–Crippen MR) is 110 cm³/mol. The summed E-state index contributed by atoms with van der Waals surface area (Å²) < 4.78 is 5.50. The van der Waals surface area contributed by atoms with E-state index in [4.69, 9.17) is 4.74 Å². The highest BCUT2D eigenvalue weighted by Crippen LogP contribution is 2.12. The number of guanidine groups is 1. The van der Waals surface area contributed by atoms with Crippen LogP contribution in [0.2, 0.25) is 0 Å². The van der Waals surface area contributed by atoms with Crippen molar-refractivity contribution in [2.45, 2.75) is 52.0 Å². The maximum absolute atomic E-state index is 5.50. The van der Waals surface area contributed by atoms with Crippen molar-refractivity contribution < 1.29 is 4.74 Å². The Bertz CT molecular complexity index is 388. The van der Waals surface area contributed by atoms with Gasteiger partial charge in [0.05, 0.1) is 13.2 Å². The molecule has 2 N–H and O–H groups in total. The molecule has 1 unspecified atom stereocenters. The number of likely N-dealkylation sites (tertiary alicyclic amines) is 1. The van der Waals surface area contributed by atoms with Gasteiger partial charge in [-0.15, -0.1) is 0 Å². The molecule has 2 aliphatic heterocycles. The van der Waals surface area contributed by atoms with E-state index in [0.717, 1.165) is 45.4 Å². The minimum absolute atomic E-state index is 0.523. The average Bonchev–Trinajstić information content (AvgIpc) is 2.93. The molecule has 0 aromatic carbocycles. The van der Waals surface area contributed by atoms with Crippen LogP contribution in [-0.2, 0) is 4.74 Å². The molecule has 0 amide bonds. The van der Waals surface area contributed by atoms with Crippen LogP contribution in [0.3, 0.4) is 0 Å². The fourth-order valence-electron chi connectivity index (χ4n) is 3.99. The second-order valence-corrected chi connectivity index (χ2v) is 7.95. The third-order valence-corrected chi connectivity index (χ3v) is 5.63. The molecule has 0 spiro atoms. The van der Waals surface area contributed by atoms with Gasteiger partial charge in [0.15, 0.2) is 5.96 Å². The number of nitrogens with one attached hydrogen (secondary N) is 2. The van der Waals surface area contributed by atoms with Gasteiger partial charge in [-0.25, -0.2) is 0 Å². The lowest BCUT2D eigenvalue weighted by Crippen LogP contribution is -2.52. The average molecular weight is 368 g/mol. The van der Waals surface area contributed by atoms with Crippen LogP contribution < -0.4 is 10.6 Å². The normalized spacial score (nSPS) is 22.2. The van der Waals surface area contributed by atoms with E-state index in [1.807, 2.05) is 7.05 Å². The lowest BCUT2D eigenvalue weighted by molar-refractivity contribution is 0.00752. The summed E-state index contributed by atoms with van der Waals surface area (Å²) >= 11 is 0. The number of morpholine rings is 1. The molecule has 26 heavy (non-hydrogen) atoms. The van der Waals surface area contributed by atoms with Gasteiger partial charge in [0, 0.05) is 39.3 Å². The molecule has 1 atom stereocenters. The van der Waals surface area contributed by atoms with Gasteiger partial charge in [0.25, 0.3) is 0 Å². The van der Waals surface area contributed by atoms with Gasteiger partial charge in [-0.3, -0.25) is 9.89 Å². The zero-order valence-corrected chi connectivity index (χ0v) is 17.3. The number of nitrogens with zero attached hydrogens (tertiary/aromatic N) is 3. The van der Waals surface area contributed by atoms with E-state index in [0.29, 0.717) is 12.0 Å². The number of aliphatic imine (C=N–C) groups is 1. The molecule has 2 heterocycles. The number of rotatable bonds is 8. The summed E-state index contributed by atoms with van der Waals surface area (Å²) in [6.45, 7) is 14.1. The lowest BCUT2D eigenvalue weighted by Gasteiger charge is -2.37. The summed E-state index contributed by atoms with van der Waals surface area (Å²) in [4.78, 5) is 9.57. The molecular weight excluding hydrogens is 326 g/mol. The zero-order chi connectivity index (χ0) is 18.6. The van der Waals surface area contributed by atoms with Crippen molar-refractivity contribution in [2.24, 2.45) is 10.9 Å². The molecular formula is C20H41N5O. The highest BCUT2D eigenvalue weighted by Gasteiger charge is 2.23. The summed E-state index contributed by atoms with van der Waals surface area (Å²) in [7, 11) is 1.86. The van der Waals surface area contributed by atoms with Gasteiger partial charge in [0.2, 0.25) is 0 Å². The molecule has 2 saturated heterocycles. The first-order valence-electron chi connectivity index (χ1n) is 10.7. The van der Waals surface area contributed by atoms with Crippen LogP contribution in [0, 0.1) is 5.92 Å². The Morgan fingerprint density at radius 1 is 1.00 bits per heavy atom. The van der Waals surface area contributed by atoms with Crippen LogP contribution in [0.5, 0.6) is 0 Å². The van der Waals surface area contributed by atoms with Crippen LogP contribution in [0.25, 0.3) is 0 Å². The maximum Gasteiger partial charge on any atom is 0.191 e. The quantitative estimate of drug-likeness (QED) is 0.389. The van der Waals surface area contributed by atoms with Crippen LogP contribution in [0.15, 0.2) is 4.99 Å². The van der Waals surface area contributed by atoms with E-state index in [2.05, 4.69) is 39.3 Å². The van der Waals surface area contributed by atoms with E-state index in [1.54, 1.807) is 0 Å². The standard InChI is InChI=1S/C20H41N5O/c1-18(2)19(25-13-15-26-16-14-25)17-23-20(21-3)22-9-8-12-24-10-6-4-5-7-11-24/h18-19H,4-17H2,1-3H3,(H2,21,22,23). The van der Waals surface area contributed by atoms with Gasteiger partial charge < -0.3 is 20.3 Å². The second-order valence-electron chi connectivity index (χ2n) is 7.95. The molecule has 152 valence electrons. The van der Waals surface area contributed by atoms with Gasteiger partial charge in [-0.05, 0) is 44.8 Å². The van der Waals surface area contributed by atoms with E-state index >= 15 is 0 Å². The molecule has 0 saturated carbocycles. The maximum atomic E-state index is 5.50. The second kappa shape index (κ2) is 12.5. The molecule has 0 radical (unpaired) electrons. The highest BCUT2D eigenvalue weighted by atomic mass is 16.5. The third kappa shape index (κ3) is 7.80. The SMILES string of the molecule is CN=C(NCCCN1CCCCCC1)NCC(C(C)C)N1CCOCC1. The molecule has 0 aromatic rings. The molecule has 6 heteroatoms. The Morgan fingerprint density at radius 2 is 1.69 bits per heavy atom. The van der Waals surface area contributed by atoms with Gasteiger partial charge >= 0.3 is 0 Å². The first-order chi connectivity index (χ1) is 12.7. The Morgan fingerprint density at radius 3 is 2.31 bits per heavy atom. The van der Waals surface area contributed by atoms with E-state index in [-0.39, 0.29) is 0 Å². The van der Waals surface area contributed by atoms with Crippen molar-refractivity contribution in [1.29, 1.82) is 0 Å². The van der Waals surface area contributed by atoms with Crippen molar-refractivity contribution >= 4 is 5.96 Å². The first-order valence-corrected chi connectivity index (χ1v) is 10.7. The van der Waals surface area contributed by atoms with E-state index < -0.39 is 0 Å². The topological polar surface area (TPSA) is 52.1 Å². The smallest absolute Gasteiger partial charge is 0.191 e. The predicted octanol–water partition coefficient (Wildman–Crippen LogP) is 1.77. The van der Waals surface area contributed by atoms with Crippen molar-refractivity contribution in [2.75, 3.05) is 66.1 Å². The van der Waals surface area contributed by atoms with Gasteiger partial charge in [0.1, 0.15) is 0 Å². The summed E-state index contributed by atoms with van der Waals surface area (Å²) in [5.74, 6) is 1.54. The highest BCUT2D eigenvalue weighted by molar-refractivity contribution is 5.79. The monoisotopic (exact) mass is 367 g/mol. The zero-order valence-electron chi connectivity index (χ0n) is 17.3. The summed E-state index contributed by atoms with van der Waals surface area (Å²) in [6.07, 6.45) is 6.73. The van der Waals surface area contributed by atoms with Gasteiger partial charge in [-0.2, -0.15) is 0 Å². The van der Waals surface area contributed by atoms with Gasteiger partial charge in [-0.1, -0.05) is 26.7 Å². The fraction of sp³-hybridized carbons (Fsp3) is 0.950. The largest absolute Gasteiger partial charge is 0.379 e. The lowest BCUT2D eigenvalue weighted by atomic mass is 10.0. The fourth-order valence-corrected chi connectivity index (χ4v) is 3.99. The van der Waals surface area contributed by atoms with Crippen molar-refractivity contribution in [3.63, 3.8) is 0 Å². The van der Waals surface area contributed by atoms with E-state index in [9.17, 15) is 0 Å². The molecule has 0 bridgehead atoms. The summed E-state index contributed by atoms with van der Waals surface area (Å²) in [5, 5.41) is 7.03. The van der Waals surface area contributed by atoms with Crippen molar-refractivity contribution in [3.05, 3.63) is 0 Å². The molecule has 2 aliphatic rings. The number of ether oxygens (including phenoxy) is 1. The molecule has 6 nitrogen and oxygen atoms in total. The van der Waals surface area contributed by atoms with Crippen molar-refractivity contribution in [3.8, 4) is 0 Å². The van der Waals surface area contributed by atoms with Crippen molar-refractivity contribution in [1.82, 2.24) is 20.4 Å². The Balaban J connectivity index is 1.65. The Kier molecular flexibility index (Phi) is 10.3. The molecule has 0 aromatic heterocycles. The summed E-state index contributed by atoms with van der Waals surface area (Å²) in [6, 6.07) is 0.523. The molecule has 0 aliphatic carbocycles.